The Labute approximate surface area is 113 Å². The van der Waals surface area contributed by atoms with Crippen LogP contribution in [0.3, 0.4) is 0 Å². The molecule has 1 aliphatic rings. The Kier molecular flexibility index (Phi) is 3.97. The van der Waals surface area contributed by atoms with Gasteiger partial charge in [-0.15, -0.1) is 0 Å². The van der Waals surface area contributed by atoms with E-state index < -0.39 is 5.97 Å². The number of nitrogens with zero attached hydrogens (tertiary/aromatic N) is 3. The molecule has 1 saturated heterocycles. The normalized spacial score (nSPS) is 15.3. The van der Waals surface area contributed by atoms with Crippen molar-refractivity contribution in [3.8, 4) is 0 Å². The van der Waals surface area contributed by atoms with Crippen LogP contribution in [-0.4, -0.2) is 35.9 Å². The molecule has 2 rings (SSSR count). The summed E-state index contributed by atoms with van der Waals surface area (Å²) in [5.41, 5.74) is 6.48. The number of aromatic nitrogens is 2. The van der Waals surface area contributed by atoms with Gasteiger partial charge in [0.05, 0.1) is 7.11 Å². The predicted molar refractivity (Wildman–Crippen MR) is 74.3 cm³/mol. The lowest BCUT2D eigenvalue weighted by atomic mass is 10.2. The van der Waals surface area contributed by atoms with Crippen LogP contribution in [0.1, 0.15) is 37.0 Å². The number of hydrogen-bond acceptors (Lipinski definition) is 5. The summed E-state index contributed by atoms with van der Waals surface area (Å²) < 4.78 is 6.55. The van der Waals surface area contributed by atoms with E-state index in [0.29, 0.717) is 29.7 Å². The third kappa shape index (κ3) is 2.67. The van der Waals surface area contributed by atoms with Gasteiger partial charge in [0.25, 0.3) is 0 Å². The van der Waals surface area contributed by atoms with Crippen LogP contribution in [0, 0.1) is 5.92 Å². The van der Waals surface area contributed by atoms with E-state index >= 15 is 0 Å². The van der Waals surface area contributed by atoms with Gasteiger partial charge in [-0.3, -0.25) is 0 Å². The zero-order valence-electron chi connectivity index (χ0n) is 11.8. The van der Waals surface area contributed by atoms with Crippen molar-refractivity contribution in [2.75, 3.05) is 30.8 Å². The number of ether oxygens (including phenoxy) is 1. The highest BCUT2D eigenvalue weighted by Gasteiger charge is 2.28. The first-order valence-corrected chi connectivity index (χ1v) is 6.74. The molecule has 19 heavy (non-hydrogen) atoms. The van der Waals surface area contributed by atoms with Crippen LogP contribution in [0.15, 0.2) is 0 Å². The maximum atomic E-state index is 11.9. The zero-order chi connectivity index (χ0) is 14.0. The van der Waals surface area contributed by atoms with Gasteiger partial charge in [0.2, 0.25) is 0 Å². The highest BCUT2D eigenvalue weighted by atomic mass is 16.5. The van der Waals surface area contributed by atoms with Crippen molar-refractivity contribution >= 4 is 17.6 Å². The second kappa shape index (κ2) is 5.50. The van der Waals surface area contributed by atoms with Crippen molar-refractivity contribution in [3.05, 3.63) is 5.56 Å². The van der Waals surface area contributed by atoms with Gasteiger partial charge in [0.15, 0.2) is 5.82 Å². The average molecular weight is 266 g/mol. The highest BCUT2D eigenvalue weighted by molar-refractivity contribution is 5.99. The van der Waals surface area contributed by atoms with Gasteiger partial charge in [-0.2, -0.15) is 5.10 Å². The van der Waals surface area contributed by atoms with Gasteiger partial charge in [-0.05, 0) is 18.8 Å². The Morgan fingerprint density at radius 2 is 2.05 bits per heavy atom. The summed E-state index contributed by atoms with van der Waals surface area (Å²) in [6, 6.07) is 0. The van der Waals surface area contributed by atoms with Crippen LogP contribution in [0.5, 0.6) is 0 Å². The van der Waals surface area contributed by atoms with Crippen molar-refractivity contribution in [2.45, 2.75) is 33.2 Å². The lowest BCUT2D eigenvalue weighted by Gasteiger charge is -2.15. The number of rotatable bonds is 4. The number of anilines is 2. The van der Waals surface area contributed by atoms with E-state index in [2.05, 4.69) is 23.8 Å². The first-order valence-electron chi connectivity index (χ1n) is 6.74. The first kappa shape index (κ1) is 13.7. The molecule has 2 N–H and O–H groups in total. The van der Waals surface area contributed by atoms with Gasteiger partial charge in [0, 0.05) is 19.6 Å². The van der Waals surface area contributed by atoms with Crippen molar-refractivity contribution in [1.29, 1.82) is 0 Å². The van der Waals surface area contributed by atoms with Crippen molar-refractivity contribution < 1.29 is 9.53 Å². The quantitative estimate of drug-likeness (QED) is 0.836. The van der Waals surface area contributed by atoms with E-state index in [-0.39, 0.29) is 0 Å². The molecule has 1 aromatic rings. The first-order chi connectivity index (χ1) is 9.04. The van der Waals surface area contributed by atoms with Gasteiger partial charge >= 0.3 is 5.97 Å². The fourth-order valence-electron chi connectivity index (χ4n) is 2.40. The molecule has 0 atom stereocenters. The molecule has 1 fully saturated rings. The Morgan fingerprint density at radius 1 is 1.42 bits per heavy atom. The van der Waals surface area contributed by atoms with E-state index in [4.69, 9.17) is 10.5 Å². The second-order valence-electron chi connectivity index (χ2n) is 5.35. The Morgan fingerprint density at radius 3 is 2.58 bits per heavy atom. The molecule has 0 unspecified atom stereocenters. The zero-order valence-corrected chi connectivity index (χ0v) is 11.8. The topological polar surface area (TPSA) is 73.4 Å². The highest BCUT2D eigenvalue weighted by Crippen LogP contribution is 2.29. The maximum Gasteiger partial charge on any atom is 0.345 e. The number of methoxy groups -OCH3 is 1. The van der Waals surface area contributed by atoms with Crippen LogP contribution < -0.4 is 10.6 Å². The number of nitrogen functional groups attached to an aromatic ring is 1. The maximum absolute atomic E-state index is 11.9. The number of carbonyl (C=O) groups excluding carboxylic acids is 1. The molecule has 0 bridgehead atoms. The molecule has 0 saturated carbocycles. The molecule has 6 heteroatoms. The number of carbonyl (C=O) groups is 1. The third-order valence-corrected chi connectivity index (χ3v) is 3.31. The van der Waals surface area contributed by atoms with E-state index in [1.807, 2.05) is 0 Å². The largest absolute Gasteiger partial charge is 0.465 e. The van der Waals surface area contributed by atoms with E-state index in [0.717, 1.165) is 25.9 Å². The lowest BCUT2D eigenvalue weighted by molar-refractivity contribution is 0.0602. The summed E-state index contributed by atoms with van der Waals surface area (Å²) in [5, 5.41) is 4.52. The van der Waals surface area contributed by atoms with Crippen molar-refractivity contribution in [3.63, 3.8) is 0 Å². The summed E-state index contributed by atoms with van der Waals surface area (Å²) in [6.07, 6.45) is 2.25. The molecule has 0 aromatic carbocycles. The van der Waals surface area contributed by atoms with Crippen LogP contribution in [0.4, 0.5) is 11.6 Å². The standard InChI is InChI=1S/C13H22N4O2/c1-9(2)8-17-11(14)10(13(18)19-3)12(15-17)16-6-4-5-7-16/h9H,4-8,14H2,1-3H3. The van der Waals surface area contributed by atoms with Gasteiger partial charge < -0.3 is 15.4 Å². The molecular formula is C13H22N4O2. The van der Waals surface area contributed by atoms with Crippen LogP contribution in [0.2, 0.25) is 0 Å². The van der Waals surface area contributed by atoms with Gasteiger partial charge in [0.1, 0.15) is 11.4 Å². The Bertz CT molecular complexity index is 461. The fraction of sp³-hybridized carbons (Fsp3) is 0.692. The monoisotopic (exact) mass is 266 g/mol. The number of nitrogens with two attached hydrogens (primary N) is 1. The molecule has 0 amide bonds. The number of esters is 1. The van der Waals surface area contributed by atoms with Crippen molar-refractivity contribution in [2.24, 2.45) is 5.92 Å². The molecule has 6 nitrogen and oxygen atoms in total. The minimum absolute atomic E-state index is 0.405. The van der Waals surface area contributed by atoms with E-state index in [1.165, 1.54) is 7.11 Å². The minimum Gasteiger partial charge on any atom is -0.465 e. The molecular weight excluding hydrogens is 244 g/mol. The lowest BCUT2D eigenvalue weighted by Crippen LogP contribution is -2.21. The molecule has 1 aromatic heterocycles. The summed E-state index contributed by atoms with van der Waals surface area (Å²) in [7, 11) is 1.37. The van der Waals surface area contributed by atoms with Gasteiger partial charge in [-0.1, -0.05) is 13.8 Å². The minimum atomic E-state index is -0.408. The second-order valence-corrected chi connectivity index (χ2v) is 5.35. The summed E-state index contributed by atoms with van der Waals surface area (Å²) in [6.45, 7) is 6.72. The van der Waals surface area contributed by atoms with Crippen LogP contribution in [-0.2, 0) is 11.3 Å². The molecule has 1 aliphatic heterocycles. The fourth-order valence-corrected chi connectivity index (χ4v) is 2.40. The molecule has 0 spiro atoms. The summed E-state index contributed by atoms with van der Waals surface area (Å²) in [4.78, 5) is 14.0. The van der Waals surface area contributed by atoms with Crippen molar-refractivity contribution in [1.82, 2.24) is 9.78 Å². The summed E-state index contributed by atoms with van der Waals surface area (Å²) in [5.74, 6) is 1.08. The Hall–Kier alpha value is -1.72. The Balaban J connectivity index is 2.41. The average Bonchev–Trinajstić information content (AvgIpc) is 2.97. The molecule has 2 heterocycles. The smallest absolute Gasteiger partial charge is 0.345 e. The SMILES string of the molecule is COC(=O)c1c(N2CCCC2)nn(CC(C)C)c1N. The molecule has 0 radical (unpaired) electrons. The molecule has 0 aliphatic carbocycles. The van der Waals surface area contributed by atoms with E-state index in [1.54, 1.807) is 4.68 Å². The third-order valence-electron chi connectivity index (χ3n) is 3.31. The van der Waals surface area contributed by atoms with E-state index in [9.17, 15) is 4.79 Å². The molecule has 106 valence electrons. The summed E-state index contributed by atoms with van der Waals surface area (Å²) >= 11 is 0. The van der Waals surface area contributed by atoms with Gasteiger partial charge in [-0.25, -0.2) is 9.48 Å². The van der Waals surface area contributed by atoms with Crippen LogP contribution >= 0.6 is 0 Å². The number of hydrogen-bond donors (Lipinski definition) is 1. The van der Waals surface area contributed by atoms with Crippen LogP contribution in [0.25, 0.3) is 0 Å². The predicted octanol–water partition coefficient (Wildman–Crippen LogP) is 1.51.